The van der Waals surface area contributed by atoms with Gasteiger partial charge >= 0.3 is 5.97 Å². The molecular formula is C16H14N2O5. The molecule has 0 saturated heterocycles. The number of hydrogen-bond acceptors (Lipinski definition) is 6. The van der Waals surface area contributed by atoms with Gasteiger partial charge in [-0.3, -0.25) is 4.79 Å². The molecule has 2 N–H and O–H groups in total. The summed E-state index contributed by atoms with van der Waals surface area (Å²) in [6.45, 7) is 1.52. The monoisotopic (exact) mass is 314 g/mol. The minimum absolute atomic E-state index is 0.0521. The van der Waals surface area contributed by atoms with Gasteiger partial charge in [-0.25, -0.2) is 9.78 Å². The zero-order valence-electron chi connectivity index (χ0n) is 12.5. The molecule has 7 heteroatoms. The number of rotatable bonds is 2. The van der Waals surface area contributed by atoms with Crippen molar-refractivity contribution in [3.8, 4) is 11.5 Å². The summed E-state index contributed by atoms with van der Waals surface area (Å²) < 4.78 is 9.96. The summed E-state index contributed by atoms with van der Waals surface area (Å²) in [7, 11) is 1.20. The molecule has 118 valence electrons. The SMILES string of the molecule is COC(=O)C1=C(C)NC(=O)c2ccc(-c3ccco3)nc2C1O. The van der Waals surface area contributed by atoms with Gasteiger partial charge in [0.2, 0.25) is 0 Å². The number of aliphatic hydroxyl groups is 1. The molecule has 0 fully saturated rings. The second-order valence-corrected chi connectivity index (χ2v) is 4.99. The third-order valence-electron chi connectivity index (χ3n) is 3.59. The Bertz CT molecular complexity index is 808. The molecule has 7 nitrogen and oxygen atoms in total. The van der Waals surface area contributed by atoms with Gasteiger partial charge in [-0.15, -0.1) is 0 Å². The highest BCUT2D eigenvalue weighted by Gasteiger charge is 2.33. The fraction of sp³-hybridized carbons (Fsp3) is 0.188. The summed E-state index contributed by atoms with van der Waals surface area (Å²) in [5.74, 6) is -0.688. The first kappa shape index (κ1) is 15.0. The highest BCUT2D eigenvalue weighted by molar-refractivity contribution is 6.00. The summed E-state index contributed by atoms with van der Waals surface area (Å²) in [5, 5.41) is 13.1. The van der Waals surface area contributed by atoms with Crippen molar-refractivity contribution < 1.29 is 23.8 Å². The van der Waals surface area contributed by atoms with Gasteiger partial charge in [0, 0.05) is 5.70 Å². The molecule has 2 aromatic heterocycles. The number of amides is 1. The van der Waals surface area contributed by atoms with Crippen molar-refractivity contribution in [1.82, 2.24) is 10.3 Å². The predicted molar refractivity (Wildman–Crippen MR) is 79.1 cm³/mol. The number of carbonyl (C=O) groups excluding carboxylic acids is 2. The Hall–Kier alpha value is -2.93. The fourth-order valence-corrected chi connectivity index (χ4v) is 2.46. The van der Waals surface area contributed by atoms with Gasteiger partial charge in [0.15, 0.2) is 5.76 Å². The third kappa shape index (κ3) is 2.51. The van der Waals surface area contributed by atoms with Gasteiger partial charge in [-0.1, -0.05) is 0 Å². The van der Waals surface area contributed by atoms with E-state index in [2.05, 4.69) is 15.0 Å². The molecule has 1 aliphatic rings. The molecule has 23 heavy (non-hydrogen) atoms. The average molecular weight is 314 g/mol. The van der Waals surface area contributed by atoms with Crippen molar-refractivity contribution in [2.75, 3.05) is 7.11 Å². The van der Waals surface area contributed by atoms with Crippen LogP contribution in [0.25, 0.3) is 11.5 Å². The number of nitrogens with zero attached hydrogens (tertiary/aromatic N) is 1. The second kappa shape index (κ2) is 5.69. The van der Waals surface area contributed by atoms with Crippen molar-refractivity contribution in [2.24, 2.45) is 0 Å². The molecule has 3 rings (SSSR count). The maximum Gasteiger partial charge on any atom is 0.338 e. The van der Waals surface area contributed by atoms with E-state index in [0.717, 1.165) is 0 Å². The molecular weight excluding hydrogens is 300 g/mol. The highest BCUT2D eigenvalue weighted by Crippen LogP contribution is 2.31. The van der Waals surface area contributed by atoms with Crippen molar-refractivity contribution in [3.05, 3.63) is 53.1 Å². The first-order valence-electron chi connectivity index (χ1n) is 6.86. The Morgan fingerprint density at radius 3 is 2.83 bits per heavy atom. The minimum atomic E-state index is -1.38. The van der Waals surface area contributed by atoms with Crippen LogP contribution in [0.5, 0.6) is 0 Å². The first-order chi connectivity index (χ1) is 11.0. The number of fused-ring (bicyclic) bond motifs is 1. The molecule has 2 aromatic rings. The third-order valence-corrected chi connectivity index (χ3v) is 3.59. The lowest BCUT2D eigenvalue weighted by Gasteiger charge is -2.14. The van der Waals surface area contributed by atoms with Crippen LogP contribution >= 0.6 is 0 Å². The molecule has 1 atom stereocenters. The lowest BCUT2D eigenvalue weighted by atomic mass is 10.0. The van der Waals surface area contributed by atoms with Crippen LogP contribution in [0.3, 0.4) is 0 Å². The molecule has 3 heterocycles. The summed E-state index contributed by atoms with van der Waals surface area (Å²) in [6, 6.07) is 6.56. The Morgan fingerprint density at radius 2 is 2.17 bits per heavy atom. The number of methoxy groups -OCH3 is 1. The molecule has 0 radical (unpaired) electrons. The molecule has 1 amide bonds. The number of ether oxygens (including phenoxy) is 1. The van der Waals surface area contributed by atoms with Crippen molar-refractivity contribution in [3.63, 3.8) is 0 Å². The van der Waals surface area contributed by atoms with E-state index < -0.39 is 18.0 Å². The van der Waals surface area contributed by atoms with Gasteiger partial charge < -0.3 is 19.6 Å². The zero-order chi connectivity index (χ0) is 16.6. The van der Waals surface area contributed by atoms with Gasteiger partial charge in [-0.2, -0.15) is 0 Å². The van der Waals surface area contributed by atoms with Crippen molar-refractivity contribution >= 4 is 11.9 Å². The topological polar surface area (TPSA) is 102 Å². The largest absolute Gasteiger partial charge is 0.466 e. The molecule has 1 unspecified atom stereocenters. The Balaban J connectivity index is 2.16. The first-order valence-corrected chi connectivity index (χ1v) is 6.86. The van der Waals surface area contributed by atoms with E-state index in [-0.39, 0.29) is 22.5 Å². The van der Waals surface area contributed by atoms with Gasteiger partial charge in [0.25, 0.3) is 5.91 Å². The standard InChI is InChI=1S/C16H14N2O5/c1-8-12(16(21)22-2)14(19)13-9(15(20)17-8)5-6-10(18-13)11-4-3-7-23-11/h3-7,14,19H,1-2H3,(H,17,20). The maximum atomic E-state index is 12.2. The molecule has 0 aromatic carbocycles. The Labute approximate surface area is 131 Å². The van der Waals surface area contributed by atoms with E-state index in [1.807, 2.05) is 0 Å². The summed E-state index contributed by atoms with van der Waals surface area (Å²) in [5.41, 5.74) is 0.889. The van der Waals surface area contributed by atoms with Crippen LogP contribution < -0.4 is 5.32 Å². The predicted octanol–water partition coefficient (Wildman–Crippen LogP) is 1.57. The number of furan rings is 1. The quantitative estimate of drug-likeness (QED) is 0.816. The van der Waals surface area contributed by atoms with Crippen LogP contribution in [0.15, 0.2) is 46.2 Å². The number of esters is 1. The molecule has 1 aliphatic heterocycles. The maximum absolute atomic E-state index is 12.2. The van der Waals surface area contributed by atoms with Crippen LogP contribution in [0.2, 0.25) is 0 Å². The van der Waals surface area contributed by atoms with E-state index in [0.29, 0.717) is 11.5 Å². The summed E-state index contributed by atoms with van der Waals surface area (Å²) in [6.07, 6.45) is 0.113. The Kier molecular flexibility index (Phi) is 3.71. The van der Waals surface area contributed by atoms with Crippen LogP contribution in [0.1, 0.15) is 29.1 Å². The zero-order valence-corrected chi connectivity index (χ0v) is 12.5. The molecule has 0 spiro atoms. The van der Waals surface area contributed by atoms with E-state index in [4.69, 9.17) is 4.42 Å². The summed E-state index contributed by atoms with van der Waals surface area (Å²) in [4.78, 5) is 28.5. The number of aliphatic hydroxyl groups excluding tert-OH is 1. The molecule has 0 saturated carbocycles. The van der Waals surface area contributed by atoms with Crippen LogP contribution in [0.4, 0.5) is 0 Å². The Morgan fingerprint density at radius 1 is 1.39 bits per heavy atom. The van der Waals surface area contributed by atoms with Crippen LogP contribution in [0, 0.1) is 0 Å². The minimum Gasteiger partial charge on any atom is -0.466 e. The number of pyridine rings is 1. The fourth-order valence-electron chi connectivity index (χ4n) is 2.46. The van der Waals surface area contributed by atoms with Crippen LogP contribution in [-0.4, -0.2) is 29.1 Å². The van der Waals surface area contributed by atoms with E-state index in [1.54, 1.807) is 18.2 Å². The highest BCUT2D eigenvalue weighted by atomic mass is 16.5. The van der Waals surface area contributed by atoms with E-state index in [9.17, 15) is 14.7 Å². The van der Waals surface area contributed by atoms with Gasteiger partial charge in [0.1, 0.15) is 11.8 Å². The van der Waals surface area contributed by atoms with E-state index in [1.165, 1.54) is 26.4 Å². The number of allylic oxidation sites excluding steroid dienone is 1. The van der Waals surface area contributed by atoms with E-state index >= 15 is 0 Å². The number of nitrogens with one attached hydrogen (secondary N) is 1. The van der Waals surface area contributed by atoms with Crippen molar-refractivity contribution in [1.29, 1.82) is 0 Å². The average Bonchev–Trinajstić information content (AvgIpc) is 3.05. The number of hydrogen-bond donors (Lipinski definition) is 2. The smallest absolute Gasteiger partial charge is 0.338 e. The molecule has 0 bridgehead atoms. The number of carbonyl (C=O) groups is 2. The lowest BCUT2D eigenvalue weighted by Crippen LogP contribution is -2.22. The van der Waals surface area contributed by atoms with Crippen LogP contribution in [-0.2, 0) is 9.53 Å². The normalized spacial score (nSPS) is 17.3. The van der Waals surface area contributed by atoms with Crippen molar-refractivity contribution in [2.45, 2.75) is 13.0 Å². The second-order valence-electron chi connectivity index (χ2n) is 4.99. The molecule has 0 aliphatic carbocycles. The lowest BCUT2D eigenvalue weighted by molar-refractivity contribution is -0.137. The van der Waals surface area contributed by atoms with Gasteiger partial charge in [-0.05, 0) is 31.2 Å². The summed E-state index contributed by atoms with van der Waals surface area (Å²) >= 11 is 0. The number of aromatic nitrogens is 1. The van der Waals surface area contributed by atoms with Gasteiger partial charge in [0.05, 0.1) is 30.2 Å².